The molecular weight excluding hydrogens is 1970 g/mol. The van der Waals surface area contributed by atoms with Crippen molar-refractivity contribution in [2.75, 3.05) is 113 Å². The maximum Gasteiger partial charge on any atom is 0.173 e. The number of aryl methyl sites for hydroxylation is 2. The topological polar surface area (TPSA) is 422 Å². The Hall–Kier alpha value is -10.9. The van der Waals surface area contributed by atoms with E-state index < -0.39 is 0 Å². The van der Waals surface area contributed by atoms with E-state index in [2.05, 4.69) is 175 Å². The second-order valence-corrected chi connectivity index (χ2v) is 40.4. The quantitative estimate of drug-likeness (QED) is 0.0566. The summed E-state index contributed by atoms with van der Waals surface area (Å²) in [6.45, 7) is 18.2. The molecule has 22 heterocycles. The van der Waals surface area contributed by atoms with Gasteiger partial charge in [0.05, 0.1) is 101 Å². The largest absolute Gasteiger partial charge is 0.384 e. The molecule has 18 N–H and O–H groups in total. The van der Waals surface area contributed by atoms with E-state index in [-0.39, 0.29) is 0 Å². The molecule has 16 aromatic heterocycles. The van der Waals surface area contributed by atoms with Gasteiger partial charge in [-0.3, -0.25) is 0 Å². The lowest BCUT2D eigenvalue weighted by Crippen LogP contribution is -2.29. The van der Waals surface area contributed by atoms with Crippen LogP contribution >= 0.6 is 105 Å². The molecule has 0 bridgehead atoms. The molecule has 0 amide bonds. The lowest BCUT2D eigenvalue weighted by Gasteiger charge is -2.23. The predicted octanol–water partition coefficient (Wildman–Crippen LogP) is 16.3. The van der Waals surface area contributed by atoms with Crippen molar-refractivity contribution in [3.05, 3.63) is 210 Å². The number of thiazole rings is 1. The summed E-state index contributed by atoms with van der Waals surface area (Å²) in [6.07, 6.45) is 26.3. The zero-order valence-corrected chi connectivity index (χ0v) is 82.5. The number of nitrogens with two attached hydrogens (primary N) is 6. The molecule has 23 rings (SSSR count). The predicted molar refractivity (Wildman–Crippen MR) is 547 cm³/mol. The van der Waals surface area contributed by atoms with Crippen molar-refractivity contribution in [2.45, 2.75) is 133 Å². The summed E-state index contributed by atoms with van der Waals surface area (Å²) < 4.78 is 13.4. The van der Waals surface area contributed by atoms with Gasteiger partial charge in [-0.2, -0.15) is 69.0 Å². The Morgan fingerprint density at radius 2 is 0.805 bits per heavy atom. The number of hydrogen-bond donors (Lipinski definition) is 12. The number of nitrogens with zero attached hydrogens (tertiary/aromatic N) is 19. The van der Waals surface area contributed by atoms with Crippen molar-refractivity contribution in [3.8, 4) is 67.6 Å². The SMILES string of the molecule is CC#Cc1cnn2c(N)cc(C3CCCNC3)nc12.Cc1cc(-c2cnn3c(N)cc(C4CCCNC4)nc23)cs1.Cc1cscc1-c1cnn2c(N)c(Br)c(C3CCCNC3)nc12.Nc1c(Br)c(C2CCCNC2)nc2c(-c3ccsc3Cl)cnn12.Nc1c(Br)c(C2CCCNC2)nc2c(-c3nccs3)cnn12.Nc1cc(C2CCCNC2)nc2c(C#Cc3ccccc3)cnn12. The maximum absolute atomic E-state index is 6.33. The number of nitrogen functional groups attached to an aromatic ring is 6. The van der Waals surface area contributed by atoms with Crippen molar-refractivity contribution in [3.63, 3.8) is 0 Å². The van der Waals surface area contributed by atoms with Gasteiger partial charge in [-0.15, -0.1) is 39.9 Å². The van der Waals surface area contributed by atoms with E-state index in [1.807, 2.05) is 84.7 Å². The summed E-state index contributed by atoms with van der Waals surface area (Å²) in [6, 6.07) is 19.9. The Bertz CT molecular complexity index is 6950. The molecule has 39 heteroatoms. The van der Waals surface area contributed by atoms with Crippen LogP contribution in [0.15, 0.2) is 144 Å². The molecule has 133 heavy (non-hydrogen) atoms. The Balaban J connectivity index is 0.000000107. The fourth-order valence-electron chi connectivity index (χ4n) is 17.8. The molecule has 31 nitrogen and oxygen atoms in total. The lowest BCUT2D eigenvalue weighted by atomic mass is 9.96. The summed E-state index contributed by atoms with van der Waals surface area (Å²) >= 11 is 23.7. The normalized spacial score (nSPS) is 18.5. The van der Waals surface area contributed by atoms with Crippen LogP contribution in [0.3, 0.4) is 0 Å². The minimum Gasteiger partial charge on any atom is -0.384 e. The minimum atomic E-state index is 0.353. The van der Waals surface area contributed by atoms with E-state index in [9.17, 15) is 0 Å². The fourth-order valence-corrected chi connectivity index (χ4v) is 22.7. The molecule has 0 spiro atoms. The number of aromatic nitrogens is 19. The van der Waals surface area contributed by atoms with Gasteiger partial charge in [0, 0.05) is 143 Å². The van der Waals surface area contributed by atoms with Gasteiger partial charge >= 0.3 is 0 Å². The van der Waals surface area contributed by atoms with E-state index in [1.54, 1.807) is 92.1 Å². The smallest absolute Gasteiger partial charge is 0.173 e. The van der Waals surface area contributed by atoms with Crippen LogP contribution < -0.4 is 66.3 Å². The van der Waals surface area contributed by atoms with Crippen molar-refractivity contribution in [1.82, 2.24) is 124 Å². The third-order valence-electron chi connectivity index (χ3n) is 24.8. The van der Waals surface area contributed by atoms with E-state index in [0.29, 0.717) is 70.4 Å². The number of rotatable bonds is 10. The Kier molecular flexibility index (Phi) is 29.5. The highest BCUT2D eigenvalue weighted by Crippen LogP contribution is 2.43. The van der Waals surface area contributed by atoms with Crippen LogP contribution in [-0.4, -0.2) is 171 Å². The first kappa shape index (κ1) is 92.5. The van der Waals surface area contributed by atoms with Gasteiger partial charge in [0.1, 0.15) is 44.3 Å². The summed E-state index contributed by atoms with van der Waals surface area (Å²) in [5, 5.41) is 58.0. The maximum atomic E-state index is 6.33. The van der Waals surface area contributed by atoms with Gasteiger partial charge in [-0.05, 0) is 242 Å². The standard InChI is InChI=1S/C19H19N5.C16H18BrN5S.C16H19N5S.C15H15BrClN5S.C14H15BrN6S.C14H17N5/c20-18-11-17(15-7-4-10-21-12-15)23-19-16(13-22-24(18)19)9-8-14-5-2-1-3-6-14;1-9-7-23-8-12(9)11-6-20-22-15(18)13(17)14(21-16(11)22)10-3-2-4-19-5-10;1-10-5-12(9-22-10)13-8-19-21-15(17)6-14(20-16(13)21)11-3-2-4-18-7-11;16-11-12(8-2-1-4-19-6-8)21-15-10(7-20-22(15)14(11)18)9-3-5-23-13(9)17;15-10-11(8-2-1-3-17-6-8)20-13-9(14-18-4-5-22-14)7-19-21(13)12(10)16;1-2-4-11-9-17-19-13(15)7-12(18-14(11)19)10-5-3-6-16-8-10/h1-3,5-6,11,13,15,21H,4,7,10,12,20H2;6-8,10,19H,2-5,18H2,1H3;5-6,8-9,11,18H,2-4,7,17H2,1H3;3,5,7-8,19H,1-2,4,6,18H2;4-5,7-8,17H,1-3,6,16H2;7,9-10,16H,3,5-6,8,15H2,1H3. The molecule has 17 aromatic rings. The van der Waals surface area contributed by atoms with Gasteiger partial charge in [-0.25, -0.2) is 34.9 Å². The monoisotopic (exact) mass is 2070 g/mol. The van der Waals surface area contributed by atoms with Crippen LogP contribution in [0.1, 0.15) is 181 Å². The summed E-state index contributed by atoms with van der Waals surface area (Å²) in [4.78, 5) is 34.8. The number of fused-ring (bicyclic) bond motifs is 6. The lowest BCUT2D eigenvalue weighted by molar-refractivity contribution is 0.453. The van der Waals surface area contributed by atoms with Crippen LogP contribution in [-0.2, 0) is 0 Å². The van der Waals surface area contributed by atoms with Crippen LogP contribution in [0, 0.1) is 37.5 Å². The number of anilines is 6. The first-order valence-electron chi connectivity index (χ1n) is 44.8. The average molecular weight is 2070 g/mol. The molecule has 6 fully saturated rings. The van der Waals surface area contributed by atoms with Crippen molar-refractivity contribution in [1.29, 1.82) is 0 Å². The number of nitrogens with one attached hydrogen (secondary N) is 6. The first-order valence-corrected chi connectivity index (χ1v) is 51.1. The minimum absolute atomic E-state index is 0.353. The first-order chi connectivity index (χ1) is 64.9. The summed E-state index contributed by atoms with van der Waals surface area (Å²) in [5.41, 5.74) is 59.4. The molecule has 6 aliphatic rings. The molecule has 6 aliphatic heterocycles. The number of thiophene rings is 3. The molecule has 0 saturated carbocycles. The molecule has 6 atom stereocenters. The van der Waals surface area contributed by atoms with Gasteiger partial charge in [0.15, 0.2) is 33.9 Å². The molecule has 6 unspecified atom stereocenters. The second-order valence-electron chi connectivity index (χ2n) is 33.8. The van der Waals surface area contributed by atoms with Crippen LogP contribution in [0.2, 0.25) is 4.34 Å². The average Bonchev–Trinajstić information content (AvgIpc) is 1.67. The highest BCUT2D eigenvalue weighted by Gasteiger charge is 2.31. The third kappa shape index (κ3) is 20.3. The number of benzene rings is 1. The van der Waals surface area contributed by atoms with Crippen LogP contribution in [0.4, 0.5) is 34.9 Å². The molecule has 1 aromatic carbocycles. The Labute approximate surface area is 815 Å². The number of hydrogen-bond acceptors (Lipinski definition) is 29. The number of halogens is 4. The molecule has 6 saturated heterocycles. The van der Waals surface area contributed by atoms with Gasteiger partial charge in [0.2, 0.25) is 0 Å². The number of piperidine rings is 6. The van der Waals surface area contributed by atoms with Gasteiger partial charge < -0.3 is 66.3 Å². The van der Waals surface area contributed by atoms with E-state index in [0.717, 1.165) is 272 Å². The second kappa shape index (κ2) is 42.3. The molecule has 0 aliphatic carbocycles. The fraction of sp³-hybridized carbons (Fsp3) is 0.351. The zero-order chi connectivity index (χ0) is 91.8. The van der Waals surface area contributed by atoms with Crippen LogP contribution in [0.25, 0.3) is 77.8 Å². The molecule has 0 radical (unpaired) electrons. The van der Waals surface area contributed by atoms with Gasteiger partial charge in [-0.1, -0.05) is 47.6 Å². The Morgan fingerprint density at radius 1 is 0.398 bits per heavy atom. The van der Waals surface area contributed by atoms with Crippen molar-refractivity contribution >= 4 is 174 Å². The van der Waals surface area contributed by atoms with Crippen LogP contribution in [0.5, 0.6) is 0 Å². The van der Waals surface area contributed by atoms with E-state index in [1.165, 1.54) is 52.2 Å². The zero-order valence-electron chi connectivity index (χ0n) is 73.7. The highest BCUT2D eigenvalue weighted by molar-refractivity contribution is 9.11. The molecule has 686 valence electrons. The van der Waals surface area contributed by atoms with Crippen molar-refractivity contribution in [2.24, 2.45) is 0 Å². The van der Waals surface area contributed by atoms with E-state index in [4.69, 9.17) is 75.9 Å². The summed E-state index contributed by atoms with van der Waals surface area (Å²) in [7, 11) is 0. The third-order valence-corrected chi connectivity index (χ3v) is 31.0. The Morgan fingerprint density at radius 3 is 1.21 bits per heavy atom. The highest BCUT2D eigenvalue weighted by atomic mass is 79.9. The van der Waals surface area contributed by atoms with Gasteiger partial charge in [0.25, 0.3) is 0 Å². The summed E-state index contributed by atoms with van der Waals surface area (Å²) in [5.74, 6) is 18.3. The molecular formula is C94H103Br3ClN31S4. The van der Waals surface area contributed by atoms with Crippen molar-refractivity contribution < 1.29 is 0 Å². The van der Waals surface area contributed by atoms with E-state index >= 15 is 0 Å².